The maximum absolute atomic E-state index is 12.3. The number of carbonyl (C=O) groups is 1. The average Bonchev–Trinajstić information content (AvgIpc) is 3.36. The summed E-state index contributed by atoms with van der Waals surface area (Å²) in [5.41, 5.74) is 3.43. The van der Waals surface area contributed by atoms with Gasteiger partial charge in [-0.05, 0) is 48.2 Å². The van der Waals surface area contributed by atoms with Crippen LogP contribution in [0.4, 0.5) is 5.95 Å². The number of benzene rings is 1. The van der Waals surface area contributed by atoms with Gasteiger partial charge < -0.3 is 10.2 Å². The molecule has 1 unspecified atom stereocenters. The lowest BCUT2D eigenvalue weighted by molar-refractivity contribution is 0.0949. The summed E-state index contributed by atoms with van der Waals surface area (Å²) in [4.78, 5) is 19.4. The predicted molar refractivity (Wildman–Crippen MR) is 103 cm³/mol. The van der Waals surface area contributed by atoms with Crippen LogP contribution in [0.3, 0.4) is 0 Å². The summed E-state index contributed by atoms with van der Waals surface area (Å²) in [7, 11) is 0. The van der Waals surface area contributed by atoms with Gasteiger partial charge in [0.2, 0.25) is 5.95 Å². The first kappa shape index (κ1) is 17.6. The van der Waals surface area contributed by atoms with Crippen molar-refractivity contribution in [3.05, 3.63) is 46.4 Å². The summed E-state index contributed by atoms with van der Waals surface area (Å²) < 4.78 is 1.77. The van der Waals surface area contributed by atoms with E-state index in [1.807, 2.05) is 37.3 Å². The Balaban J connectivity index is 1.41. The molecule has 0 radical (unpaired) electrons. The normalized spacial score (nSPS) is 17.1. The molecule has 0 spiro atoms. The number of aromatic nitrogens is 5. The molecule has 9 heteroatoms. The minimum atomic E-state index is -0.0405. The number of nitrogens with one attached hydrogen (secondary N) is 1. The zero-order valence-electron chi connectivity index (χ0n) is 15.1. The zero-order valence-corrected chi connectivity index (χ0v) is 15.9. The van der Waals surface area contributed by atoms with Gasteiger partial charge in [-0.1, -0.05) is 23.3 Å². The van der Waals surface area contributed by atoms with E-state index in [9.17, 15) is 4.79 Å². The number of tetrazole rings is 1. The van der Waals surface area contributed by atoms with Crippen LogP contribution in [0.5, 0.6) is 0 Å². The number of nitrogens with zero attached hydrogens (tertiary/aromatic N) is 6. The van der Waals surface area contributed by atoms with Gasteiger partial charge in [0.25, 0.3) is 5.91 Å². The van der Waals surface area contributed by atoms with Crippen molar-refractivity contribution in [2.24, 2.45) is 5.92 Å². The summed E-state index contributed by atoms with van der Waals surface area (Å²) in [6.07, 6.45) is 2.12. The zero-order chi connectivity index (χ0) is 18.6. The minimum absolute atomic E-state index is 0.0405. The van der Waals surface area contributed by atoms with Crippen molar-refractivity contribution in [1.82, 2.24) is 30.5 Å². The topological polar surface area (TPSA) is 88.8 Å². The first-order chi connectivity index (χ1) is 13.2. The average molecular weight is 383 g/mol. The van der Waals surface area contributed by atoms with Crippen LogP contribution < -0.4 is 10.2 Å². The van der Waals surface area contributed by atoms with Gasteiger partial charge in [-0.2, -0.15) is 4.68 Å². The number of amides is 1. The fourth-order valence-corrected chi connectivity index (χ4v) is 4.09. The molecule has 140 valence electrons. The van der Waals surface area contributed by atoms with E-state index in [1.165, 1.54) is 11.3 Å². The van der Waals surface area contributed by atoms with E-state index in [1.54, 1.807) is 10.2 Å². The Bertz CT molecular complexity index is 907. The van der Waals surface area contributed by atoms with Crippen molar-refractivity contribution in [1.29, 1.82) is 0 Å². The molecule has 2 aromatic heterocycles. The van der Waals surface area contributed by atoms with Crippen LogP contribution >= 0.6 is 11.3 Å². The van der Waals surface area contributed by atoms with Crippen LogP contribution in [0, 0.1) is 12.8 Å². The quantitative estimate of drug-likeness (QED) is 0.726. The van der Waals surface area contributed by atoms with E-state index in [2.05, 4.69) is 30.7 Å². The third-order valence-corrected chi connectivity index (χ3v) is 5.69. The van der Waals surface area contributed by atoms with E-state index >= 15 is 0 Å². The second kappa shape index (κ2) is 7.83. The maximum Gasteiger partial charge on any atom is 0.263 e. The van der Waals surface area contributed by atoms with Gasteiger partial charge in [-0.25, -0.2) is 4.98 Å². The summed E-state index contributed by atoms with van der Waals surface area (Å²) in [6, 6.07) is 9.88. The van der Waals surface area contributed by atoms with Crippen molar-refractivity contribution in [2.75, 3.05) is 24.5 Å². The molecule has 4 rings (SSSR count). The van der Waals surface area contributed by atoms with Crippen LogP contribution in [-0.4, -0.2) is 50.7 Å². The third kappa shape index (κ3) is 3.82. The summed E-state index contributed by atoms with van der Waals surface area (Å²) in [5.74, 6) is 1.06. The van der Waals surface area contributed by atoms with Crippen molar-refractivity contribution in [3.63, 3.8) is 0 Å². The molecule has 1 saturated heterocycles. The molecule has 27 heavy (non-hydrogen) atoms. The Morgan fingerprint density at radius 3 is 2.96 bits per heavy atom. The number of thiazole rings is 1. The number of rotatable bonds is 5. The van der Waals surface area contributed by atoms with Crippen LogP contribution in [0.2, 0.25) is 0 Å². The lowest BCUT2D eigenvalue weighted by Crippen LogP contribution is -2.42. The molecule has 1 fully saturated rings. The maximum atomic E-state index is 12.3. The lowest BCUT2D eigenvalue weighted by atomic mass is 9.98. The highest BCUT2D eigenvalue weighted by molar-refractivity contribution is 7.11. The molecule has 1 atom stereocenters. The SMILES string of the molecule is Cc1ncsc1C(=O)NCC1CCCN(c2nnnn2-c2ccccc2)C1. The first-order valence-corrected chi connectivity index (χ1v) is 9.87. The van der Waals surface area contributed by atoms with Crippen molar-refractivity contribution in [2.45, 2.75) is 19.8 Å². The van der Waals surface area contributed by atoms with E-state index < -0.39 is 0 Å². The second-order valence-corrected chi connectivity index (χ2v) is 7.51. The van der Waals surface area contributed by atoms with Crippen LogP contribution in [0.1, 0.15) is 28.2 Å². The molecule has 1 amide bonds. The smallest absolute Gasteiger partial charge is 0.263 e. The number of para-hydroxylation sites is 1. The number of aryl methyl sites for hydroxylation is 1. The van der Waals surface area contributed by atoms with Crippen LogP contribution in [0.15, 0.2) is 35.8 Å². The molecule has 0 aliphatic carbocycles. The molecule has 1 aliphatic rings. The number of hydrogen-bond donors (Lipinski definition) is 1. The van der Waals surface area contributed by atoms with Crippen LogP contribution in [0.25, 0.3) is 5.69 Å². The molecule has 0 saturated carbocycles. The molecule has 1 aromatic carbocycles. The molecule has 0 bridgehead atoms. The van der Waals surface area contributed by atoms with Gasteiger partial charge in [0.05, 0.1) is 16.9 Å². The van der Waals surface area contributed by atoms with Crippen molar-refractivity contribution in [3.8, 4) is 5.69 Å². The monoisotopic (exact) mass is 383 g/mol. The molecule has 1 N–H and O–H groups in total. The molecule has 3 aromatic rings. The molecular weight excluding hydrogens is 362 g/mol. The largest absolute Gasteiger partial charge is 0.351 e. The van der Waals surface area contributed by atoms with Crippen molar-refractivity contribution < 1.29 is 4.79 Å². The highest BCUT2D eigenvalue weighted by atomic mass is 32.1. The lowest BCUT2D eigenvalue weighted by Gasteiger charge is -2.32. The van der Waals surface area contributed by atoms with Gasteiger partial charge in [0, 0.05) is 19.6 Å². The van der Waals surface area contributed by atoms with E-state index in [4.69, 9.17) is 0 Å². The fraction of sp³-hybridized carbons (Fsp3) is 0.389. The second-order valence-electron chi connectivity index (χ2n) is 6.66. The highest BCUT2D eigenvalue weighted by Crippen LogP contribution is 2.23. The van der Waals surface area contributed by atoms with Gasteiger partial charge in [-0.3, -0.25) is 4.79 Å². The standard InChI is InChI=1S/C18H21N7OS/c1-13-16(27-12-20-13)17(26)19-10-14-6-5-9-24(11-14)18-21-22-23-25(18)15-7-3-2-4-8-15/h2-4,7-8,12,14H,5-6,9-11H2,1H3,(H,19,26). The van der Waals surface area contributed by atoms with Crippen LogP contribution in [-0.2, 0) is 0 Å². The Hall–Kier alpha value is -2.81. The summed E-state index contributed by atoms with van der Waals surface area (Å²) in [6.45, 7) is 4.22. The molecular formula is C18H21N7OS. The minimum Gasteiger partial charge on any atom is -0.351 e. The highest BCUT2D eigenvalue weighted by Gasteiger charge is 2.25. The van der Waals surface area contributed by atoms with Gasteiger partial charge >= 0.3 is 0 Å². The van der Waals surface area contributed by atoms with Gasteiger partial charge in [0.15, 0.2) is 0 Å². The first-order valence-electron chi connectivity index (χ1n) is 8.99. The Kier molecular flexibility index (Phi) is 5.10. The number of hydrogen-bond acceptors (Lipinski definition) is 7. The van der Waals surface area contributed by atoms with Gasteiger partial charge in [-0.15, -0.1) is 11.3 Å². The number of anilines is 1. The van der Waals surface area contributed by atoms with E-state index in [0.29, 0.717) is 17.3 Å². The predicted octanol–water partition coefficient (Wildman–Crippen LogP) is 2.07. The van der Waals surface area contributed by atoms with E-state index in [0.717, 1.165) is 43.3 Å². The summed E-state index contributed by atoms with van der Waals surface area (Å²) in [5, 5.41) is 15.3. The summed E-state index contributed by atoms with van der Waals surface area (Å²) >= 11 is 1.38. The Labute approximate surface area is 161 Å². The Morgan fingerprint density at radius 1 is 1.33 bits per heavy atom. The van der Waals surface area contributed by atoms with Gasteiger partial charge in [0.1, 0.15) is 4.88 Å². The van der Waals surface area contributed by atoms with E-state index in [-0.39, 0.29) is 5.91 Å². The molecule has 8 nitrogen and oxygen atoms in total. The third-order valence-electron chi connectivity index (χ3n) is 4.76. The molecule has 1 aliphatic heterocycles. The fourth-order valence-electron chi connectivity index (χ4n) is 3.37. The van der Waals surface area contributed by atoms with Crippen molar-refractivity contribution >= 4 is 23.2 Å². The Morgan fingerprint density at radius 2 is 2.19 bits per heavy atom. The molecule has 3 heterocycles. The number of carbonyl (C=O) groups excluding carboxylic acids is 1. The number of piperidine rings is 1.